The number of nitrogens with zero attached hydrogens (tertiary/aromatic N) is 1. The molecule has 4 nitrogen and oxygen atoms in total. The summed E-state index contributed by atoms with van der Waals surface area (Å²) in [6, 6.07) is 2.31. The fourth-order valence-corrected chi connectivity index (χ4v) is 2.91. The number of nitrogens with one attached hydrogen (secondary N) is 1. The largest absolute Gasteiger partial charge is 0.465 e. The molecular formula is C10H14N2O2. The summed E-state index contributed by atoms with van der Waals surface area (Å²) in [5.41, 5.74) is -0.230. The van der Waals surface area contributed by atoms with Gasteiger partial charge in [0.05, 0.1) is 11.5 Å². The molecule has 4 heteroatoms. The average Bonchev–Trinajstić information content (AvgIpc) is 2.51. The maximum atomic E-state index is 10.4. The van der Waals surface area contributed by atoms with Gasteiger partial charge in [-0.3, -0.25) is 0 Å². The van der Waals surface area contributed by atoms with E-state index < -0.39 is 6.09 Å². The summed E-state index contributed by atoms with van der Waals surface area (Å²) >= 11 is 0. The molecule has 0 radical (unpaired) electrons. The summed E-state index contributed by atoms with van der Waals surface area (Å²) < 4.78 is 0. The van der Waals surface area contributed by atoms with Crippen molar-refractivity contribution in [2.24, 2.45) is 10.8 Å². The highest BCUT2D eigenvalue weighted by Crippen LogP contribution is 2.70. The van der Waals surface area contributed by atoms with E-state index in [9.17, 15) is 4.79 Å². The Labute approximate surface area is 82.9 Å². The van der Waals surface area contributed by atoms with Crippen LogP contribution in [0.25, 0.3) is 0 Å². The summed E-state index contributed by atoms with van der Waals surface area (Å²) in [5, 5.41) is 20.0. The van der Waals surface area contributed by atoms with Crippen molar-refractivity contribution in [2.45, 2.75) is 32.1 Å². The number of amides is 1. The van der Waals surface area contributed by atoms with Crippen LogP contribution in [0.15, 0.2) is 0 Å². The highest BCUT2D eigenvalue weighted by Gasteiger charge is 2.68. The van der Waals surface area contributed by atoms with Gasteiger partial charge in [-0.2, -0.15) is 5.26 Å². The molecule has 2 fully saturated rings. The third-order valence-electron chi connectivity index (χ3n) is 3.85. The minimum absolute atomic E-state index is 0.157. The van der Waals surface area contributed by atoms with Crippen LogP contribution >= 0.6 is 0 Å². The molecule has 2 aliphatic carbocycles. The first-order chi connectivity index (χ1) is 6.64. The van der Waals surface area contributed by atoms with Crippen molar-refractivity contribution in [3.8, 4) is 6.07 Å². The zero-order valence-electron chi connectivity index (χ0n) is 8.05. The Morgan fingerprint density at radius 2 is 2.14 bits per heavy atom. The molecule has 0 aliphatic heterocycles. The average molecular weight is 194 g/mol. The number of rotatable bonds is 2. The van der Waals surface area contributed by atoms with E-state index in [0.29, 0.717) is 6.54 Å². The number of nitriles is 1. The first-order valence-electron chi connectivity index (χ1n) is 5.02. The topological polar surface area (TPSA) is 73.1 Å². The predicted molar refractivity (Wildman–Crippen MR) is 49.6 cm³/mol. The van der Waals surface area contributed by atoms with Crippen molar-refractivity contribution < 1.29 is 9.90 Å². The van der Waals surface area contributed by atoms with E-state index in [1.807, 2.05) is 0 Å². The number of carbonyl (C=O) groups is 1. The first-order valence-corrected chi connectivity index (χ1v) is 5.02. The molecule has 76 valence electrons. The lowest BCUT2D eigenvalue weighted by atomic mass is 9.92. The lowest BCUT2D eigenvalue weighted by Gasteiger charge is -2.14. The monoisotopic (exact) mass is 194 g/mol. The Morgan fingerprint density at radius 3 is 2.64 bits per heavy atom. The van der Waals surface area contributed by atoms with Gasteiger partial charge in [-0.05, 0) is 24.7 Å². The summed E-state index contributed by atoms with van der Waals surface area (Å²) in [6.45, 7) is 0.304. The van der Waals surface area contributed by atoms with E-state index in [0.717, 1.165) is 19.3 Å². The number of carboxylic acid groups (broad SMARTS) is 1. The van der Waals surface area contributed by atoms with E-state index in [4.69, 9.17) is 10.4 Å². The summed E-state index contributed by atoms with van der Waals surface area (Å²) in [5.74, 6) is 0. The van der Waals surface area contributed by atoms with Gasteiger partial charge in [0, 0.05) is 6.54 Å². The molecule has 2 saturated carbocycles. The first kappa shape index (κ1) is 9.32. The minimum Gasteiger partial charge on any atom is -0.465 e. The molecular weight excluding hydrogens is 180 g/mol. The van der Waals surface area contributed by atoms with Gasteiger partial charge < -0.3 is 10.4 Å². The summed E-state index contributed by atoms with van der Waals surface area (Å²) in [6.07, 6.45) is 4.44. The molecule has 0 aromatic heterocycles. The van der Waals surface area contributed by atoms with E-state index in [2.05, 4.69) is 11.4 Å². The smallest absolute Gasteiger partial charge is 0.404 e. The Hall–Kier alpha value is -1.24. The van der Waals surface area contributed by atoms with Gasteiger partial charge in [-0.25, -0.2) is 4.79 Å². The van der Waals surface area contributed by atoms with E-state index in [1.165, 1.54) is 12.8 Å². The lowest BCUT2D eigenvalue weighted by molar-refractivity contribution is 0.191. The van der Waals surface area contributed by atoms with Crippen LogP contribution in [-0.2, 0) is 0 Å². The highest BCUT2D eigenvalue weighted by atomic mass is 16.4. The van der Waals surface area contributed by atoms with Crippen molar-refractivity contribution in [1.29, 1.82) is 5.26 Å². The predicted octanol–water partition coefficient (Wildman–Crippen LogP) is 1.73. The third kappa shape index (κ3) is 1.16. The molecule has 0 heterocycles. The molecule has 0 aromatic rings. The van der Waals surface area contributed by atoms with E-state index in [-0.39, 0.29) is 10.8 Å². The lowest BCUT2D eigenvalue weighted by Crippen LogP contribution is -2.30. The van der Waals surface area contributed by atoms with E-state index in [1.54, 1.807) is 0 Å². The van der Waals surface area contributed by atoms with Crippen LogP contribution in [-0.4, -0.2) is 17.7 Å². The molecule has 1 atom stereocenters. The van der Waals surface area contributed by atoms with Gasteiger partial charge in [0.15, 0.2) is 0 Å². The van der Waals surface area contributed by atoms with Crippen LogP contribution in [0, 0.1) is 22.2 Å². The maximum absolute atomic E-state index is 10.4. The second-order valence-electron chi connectivity index (χ2n) is 4.52. The molecule has 0 aromatic carbocycles. The molecule has 0 bridgehead atoms. The minimum atomic E-state index is -1.03. The zero-order chi connectivity index (χ0) is 10.2. The second kappa shape index (κ2) is 2.88. The fraction of sp³-hybridized carbons (Fsp3) is 0.800. The third-order valence-corrected chi connectivity index (χ3v) is 3.85. The van der Waals surface area contributed by atoms with Crippen LogP contribution in [0.4, 0.5) is 4.79 Å². The van der Waals surface area contributed by atoms with Crippen molar-refractivity contribution in [3.05, 3.63) is 0 Å². The molecule has 1 unspecified atom stereocenters. The highest BCUT2D eigenvalue weighted by molar-refractivity contribution is 5.64. The number of hydrogen-bond donors (Lipinski definition) is 2. The van der Waals surface area contributed by atoms with Crippen LogP contribution < -0.4 is 5.32 Å². The molecule has 2 N–H and O–H groups in total. The molecule has 0 saturated heterocycles. The normalized spacial score (nSPS) is 32.5. The second-order valence-corrected chi connectivity index (χ2v) is 4.52. The van der Waals surface area contributed by atoms with Gasteiger partial charge in [-0.1, -0.05) is 12.8 Å². The van der Waals surface area contributed by atoms with Crippen molar-refractivity contribution in [1.82, 2.24) is 5.32 Å². The van der Waals surface area contributed by atoms with Crippen molar-refractivity contribution in [3.63, 3.8) is 0 Å². The maximum Gasteiger partial charge on any atom is 0.404 e. The van der Waals surface area contributed by atoms with Crippen LogP contribution in [0.3, 0.4) is 0 Å². The van der Waals surface area contributed by atoms with Gasteiger partial charge in [0.2, 0.25) is 0 Å². The molecule has 2 rings (SSSR count). The van der Waals surface area contributed by atoms with Crippen molar-refractivity contribution >= 4 is 6.09 Å². The standard InChI is InChI=1S/C10H14N2O2/c11-6-10(7-12-8(13)14)5-9(10)3-1-2-4-9/h12H,1-5,7H2,(H,13,14). The molecule has 14 heavy (non-hydrogen) atoms. The number of hydrogen-bond acceptors (Lipinski definition) is 2. The molecule has 2 aliphatic rings. The molecule has 1 spiro atoms. The Kier molecular flexibility index (Phi) is 1.91. The fourth-order valence-electron chi connectivity index (χ4n) is 2.91. The van der Waals surface area contributed by atoms with Gasteiger partial charge in [0.1, 0.15) is 0 Å². The van der Waals surface area contributed by atoms with E-state index >= 15 is 0 Å². The Balaban J connectivity index is 2.01. The van der Waals surface area contributed by atoms with Crippen LogP contribution in [0.1, 0.15) is 32.1 Å². The quantitative estimate of drug-likeness (QED) is 0.703. The van der Waals surface area contributed by atoms with Gasteiger partial charge in [-0.15, -0.1) is 0 Å². The van der Waals surface area contributed by atoms with Crippen molar-refractivity contribution in [2.75, 3.05) is 6.54 Å². The van der Waals surface area contributed by atoms with Gasteiger partial charge >= 0.3 is 6.09 Å². The van der Waals surface area contributed by atoms with Crippen LogP contribution in [0.2, 0.25) is 0 Å². The Bertz CT molecular complexity index is 302. The zero-order valence-corrected chi connectivity index (χ0v) is 8.05. The SMILES string of the molecule is N#CC1(CNC(=O)O)CC12CCCC2. The van der Waals surface area contributed by atoms with Gasteiger partial charge in [0.25, 0.3) is 0 Å². The van der Waals surface area contributed by atoms with Crippen LogP contribution in [0.5, 0.6) is 0 Å². The summed E-state index contributed by atoms with van der Waals surface area (Å²) in [4.78, 5) is 10.4. The Morgan fingerprint density at radius 1 is 1.50 bits per heavy atom. The molecule has 1 amide bonds. The summed E-state index contributed by atoms with van der Waals surface area (Å²) in [7, 11) is 0.